The molecular formula is C19H21N4O2S2-. The third-order valence-corrected chi connectivity index (χ3v) is 7.90. The van der Waals surface area contributed by atoms with Gasteiger partial charge in [0.25, 0.3) is 0 Å². The van der Waals surface area contributed by atoms with Crippen LogP contribution in [0.2, 0.25) is 0 Å². The Kier molecular flexibility index (Phi) is 4.47. The molecule has 2 aliphatic carbocycles. The second-order valence-electron chi connectivity index (χ2n) is 7.24. The molecule has 0 radical (unpaired) electrons. The summed E-state index contributed by atoms with van der Waals surface area (Å²) < 4.78 is 18.4. The van der Waals surface area contributed by atoms with Crippen LogP contribution in [0.15, 0.2) is 26.5 Å². The number of hydrogen-bond acceptors (Lipinski definition) is 5. The number of fused-ring (bicyclic) bond motifs is 3. The highest BCUT2D eigenvalue weighted by molar-refractivity contribution is 7.99. The van der Waals surface area contributed by atoms with Gasteiger partial charge < -0.3 is 13.9 Å². The Morgan fingerprint density at radius 3 is 2.63 bits per heavy atom. The number of benzene rings is 1. The highest BCUT2D eigenvalue weighted by atomic mass is 32.2. The molecule has 0 saturated heterocycles. The number of nitrogens with zero attached hydrogens (tertiary/aromatic N) is 3. The Balaban J connectivity index is 1.44. The molecule has 0 unspecified atom stereocenters. The summed E-state index contributed by atoms with van der Waals surface area (Å²) in [6, 6.07) is 1.80. The lowest BCUT2D eigenvalue weighted by atomic mass is 9.99. The van der Waals surface area contributed by atoms with Crippen LogP contribution in [-0.2, 0) is 47.0 Å². The Morgan fingerprint density at radius 2 is 1.89 bits per heavy atom. The van der Waals surface area contributed by atoms with Gasteiger partial charge in [0.15, 0.2) is 0 Å². The van der Waals surface area contributed by atoms with Gasteiger partial charge >= 0.3 is 6.03 Å². The number of carbonyl (C=O) groups excluding carboxylic acids is 1. The van der Waals surface area contributed by atoms with Gasteiger partial charge in [0.2, 0.25) is 0 Å². The molecule has 1 aromatic carbocycles. The zero-order chi connectivity index (χ0) is 18.4. The number of hydrogen-bond donors (Lipinski definition) is 1. The van der Waals surface area contributed by atoms with Crippen LogP contribution >= 0.6 is 11.8 Å². The minimum Gasteiger partial charge on any atom is -0.439 e. The summed E-state index contributed by atoms with van der Waals surface area (Å²) in [5.74, 6) is 0.977. The Morgan fingerprint density at radius 1 is 1.15 bits per heavy atom. The van der Waals surface area contributed by atoms with E-state index in [9.17, 15) is 9.00 Å². The zero-order valence-corrected chi connectivity index (χ0v) is 16.6. The molecule has 2 heterocycles. The van der Waals surface area contributed by atoms with Crippen molar-refractivity contribution < 1.29 is 9.00 Å². The molecule has 0 saturated carbocycles. The van der Waals surface area contributed by atoms with Gasteiger partial charge in [-0.1, -0.05) is 6.07 Å². The fourth-order valence-corrected chi connectivity index (χ4v) is 6.41. The predicted octanol–water partition coefficient (Wildman–Crippen LogP) is 4.09. The molecule has 27 heavy (non-hydrogen) atoms. The second kappa shape index (κ2) is 6.98. The van der Waals surface area contributed by atoms with Crippen LogP contribution in [0.25, 0.3) is 0 Å². The topological polar surface area (TPSA) is 76.3 Å². The van der Waals surface area contributed by atoms with E-state index in [4.69, 9.17) is 0 Å². The van der Waals surface area contributed by atoms with E-state index >= 15 is 0 Å². The third-order valence-electron chi connectivity index (χ3n) is 5.57. The number of nitrogens with one attached hydrogen (secondary N) is 1. The van der Waals surface area contributed by atoms with Gasteiger partial charge in [-0.3, -0.25) is 4.68 Å². The molecule has 5 rings (SSSR count). The van der Waals surface area contributed by atoms with E-state index in [0.29, 0.717) is 4.90 Å². The molecule has 2 amide bonds. The van der Waals surface area contributed by atoms with Gasteiger partial charge in [0.05, 0.1) is 5.03 Å². The number of aromatic nitrogens is 2. The molecule has 6 nitrogen and oxygen atoms in total. The summed E-state index contributed by atoms with van der Waals surface area (Å²) in [4.78, 5) is 13.1. The lowest BCUT2D eigenvalue weighted by Gasteiger charge is -2.17. The average molecular weight is 402 g/mol. The van der Waals surface area contributed by atoms with Gasteiger partial charge in [-0.2, -0.15) is 5.10 Å². The zero-order valence-electron chi connectivity index (χ0n) is 15.0. The van der Waals surface area contributed by atoms with Gasteiger partial charge in [-0.25, -0.2) is 4.79 Å². The van der Waals surface area contributed by atoms with Crippen molar-refractivity contribution in [1.82, 2.24) is 9.78 Å². The summed E-state index contributed by atoms with van der Waals surface area (Å²) in [5, 5.41) is 8.13. The quantitative estimate of drug-likeness (QED) is 0.769. The molecule has 0 fully saturated rings. The minimum absolute atomic E-state index is 0.525. The number of urea groups is 1. The first-order valence-electron chi connectivity index (χ1n) is 9.50. The average Bonchev–Trinajstić information content (AvgIpc) is 3.40. The van der Waals surface area contributed by atoms with E-state index in [2.05, 4.69) is 20.8 Å². The van der Waals surface area contributed by atoms with E-state index < -0.39 is 16.6 Å². The van der Waals surface area contributed by atoms with E-state index in [1.165, 1.54) is 22.3 Å². The molecule has 1 aliphatic heterocycles. The van der Waals surface area contributed by atoms with Gasteiger partial charge in [0, 0.05) is 24.2 Å². The molecule has 0 bridgehead atoms. The van der Waals surface area contributed by atoms with E-state index in [1.54, 1.807) is 18.0 Å². The standard InChI is InChI=1S/C19H21N4O2S2/c24-19(22-27(25)16-11-20-23-8-3-9-26-18(16)23)21-17-14-6-1-4-12(14)10-13-5-2-7-15(13)17/h10-11H,1-9H2,(H,21,24)/q-1. The molecule has 3 aliphatic rings. The van der Waals surface area contributed by atoms with E-state index in [1.807, 2.05) is 4.68 Å². The first kappa shape index (κ1) is 17.3. The van der Waals surface area contributed by atoms with Crippen molar-refractivity contribution in [3.63, 3.8) is 0 Å². The first-order valence-corrected chi connectivity index (χ1v) is 11.6. The van der Waals surface area contributed by atoms with Crippen molar-refractivity contribution >= 4 is 34.1 Å². The fourth-order valence-electron chi connectivity index (χ4n) is 4.39. The lowest BCUT2D eigenvalue weighted by Crippen LogP contribution is -2.12. The summed E-state index contributed by atoms with van der Waals surface area (Å²) in [7, 11) is -1.73. The van der Waals surface area contributed by atoms with Gasteiger partial charge in [-0.05, 0) is 72.1 Å². The van der Waals surface area contributed by atoms with Crippen LogP contribution in [0.1, 0.15) is 41.5 Å². The molecule has 1 aromatic heterocycles. The number of thioether (sulfide) groups is 1. The van der Waals surface area contributed by atoms with Crippen molar-refractivity contribution in [2.75, 3.05) is 11.1 Å². The van der Waals surface area contributed by atoms with Crippen LogP contribution in [0.4, 0.5) is 10.5 Å². The van der Waals surface area contributed by atoms with E-state index in [-0.39, 0.29) is 0 Å². The Bertz CT molecular complexity index is 989. The van der Waals surface area contributed by atoms with Crippen LogP contribution in [0.3, 0.4) is 0 Å². The largest absolute Gasteiger partial charge is 0.439 e. The van der Waals surface area contributed by atoms with Crippen LogP contribution in [-0.4, -0.2) is 21.6 Å². The van der Waals surface area contributed by atoms with Gasteiger partial charge in [0.1, 0.15) is 0 Å². The summed E-state index contributed by atoms with van der Waals surface area (Å²) in [5.41, 5.74) is 6.16. The van der Waals surface area contributed by atoms with Crippen LogP contribution in [0.5, 0.6) is 0 Å². The second-order valence-corrected chi connectivity index (χ2v) is 9.45. The molecule has 2 aromatic rings. The molecule has 8 heteroatoms. The van der Waals surface area contributed by atoms with Crippen LogP contribution in [0, 0.1) is 0 Å². The maximum absolute atomic E-state index is 12.7. The molecule has 0 spiro atoms. The predicted molar refractivity (Wildman–Crippen MR) is 106 cm³/mol. The number of anilines is 1. The number of amides is 2. The summed E-state index contributed by atoms with van der Waals surface area (Å²) in [6.45, 7) is 0.827. The van der Waals surface area contributed by atoms with Crippen molar-refractivity contribution in [1.29, 1.82) is 0 Å². The third kappa shape index (κ3) is 3.08. The van der Waals surface area contributed by atoms with Crippen LogP contribution < -0.4 is 5.32 Å². The number of rotatable bonds is 2. The minimum atomic E-state index is -1.73. The Hall–Kier alpha value is -1.80. The summed E-state index contributed by atoms with van der Waals surface area (Å²) in [6.07, 6.45) is 9.03. The number of aryl methyl sites for hydroxylation is 3. The number of carbonyl (C=O) groups is 1. The van der Waals surface area contributed by atoms with Gasteiger partial charge in [-0.15, -0.1) is 22.4 Å². The monoisotopic (exact) mass is 401 g/mol. The molecule has 142 valence electrons. The maximum atomic E-state index is 12.7. The molecule has 1 N–H and O–H groups in total. The SMILES string of the molecule is O=C(N=[S-](=O)c1cnn2c1SCCC2)Nc1c2c(cc3c1CCC3)CCC2. The Labute approximate surface area is 164 Å². The highest BCUT2D eigenvalue weighted by Crippen LogP contribution is 2.38. The molecular weight excluding hydrogens is 380 g/mol. The highest BCUT2D eigenvalue weighted by Gasteiger charge is 2.24. The summed E-state index contributed by atoms with van der Waals surface area (Å²) >= 11 is 1.63. The maximum Gasteiger partial charge on any atom is 0.322 e. The fraction of sp³-hybridized carbons (Fsp3) is 0.474. The first-order chi connectivity index (χ1) is 13.2. The van der Waals surface area contributed by atoms with Crippen molar-refractivity contribution in [3.05, 3.63) is 34.5 Å². The normalized spacial score (nSPS) is 18.8. The van der Waals surface area contributed by atoms with Crippen molar-refractivity contribution in [2.45, 2.75) is 61.4 Å². The smallest absolute Gasteiger partial charge is 0.322 e. The molecule has 0 atom stereocenters. The lowest BCUT2D eigenvalue weighted by molar-refractivity contribution is 0.260. The van der Waals surface area contributed by atoms with E-state index in [0.717, 1.165) is 68.0 Å². The van der Waals surface area contributed by atoms with Crippen molar-refractivity contribution in [3.8, 4) is 0 Å². The van der Waals surface area contributed by atoms with Crippen molar-refractivity contribution in [2.24, 2.45) is 4.36 Å².